The molecule has 1 aliphatic heterocycles. The van der Waals surface area contributed by atoms with Crippen molar-refractivity contribution >= 4 is 17.0 Å². The second kappa shape index (κ2) is 7.26. The monoisotopic (exact) mass is 389 g/mol. The van der Waals surface area contributed by atoms with Crippen molar-refractivity contribution in [3.8, 4) is 11.1 Å². The van der Waals surface area contributed by atoms with E-state index in [2.05, 4.69) is 15.4 Å². The zero-order chi connectivity index (χ0) is 20.0. The van der Waals surface area contributed by atoms with Crippen molar-refractivity contribution in [2.75, 3.05) is 12.0 Å². The Bertz CT molecular complexity index is 1120. The van der Waals surface area contributed by atoms with Crippen LogP contribution in [0.25, 0.3) is 22.2 Å². The van der Waals surface area contributed by atoms with Crippen molar-refractivity contribution in [3.05, 3.63) is 52.4 Å². The van der Waals surface area contributed by atoms with Gasteiger partial charge in [0.05, 0.1) is 0 Å². The predicted octanol–water partition coefficient (Wildman–Crippen LogP) is 3.90. The van der Waals surface area contributed by atoms with E-state index >= 15 is 0 Å². The van der Waals surface area contributed by atoms with Crippen LogP contribution in [0.5, 0.6) is 0 Å². The highest BCUT2D eigenvalue weighted by Crippen LogP contribution is 2.36. The quantitative estimate of drug-likeness (QED) is 0.736. The summed E-state index contributed by atoms with van der Waals surface area (Å²) >= 11 is 0. The predicted molar refractivity (Wildman–Crippen MR) is 116 cm³/mol. The van der Waals surface area contributed by atoms with Gasteiger partial charge in [-0.05, 0) is 49.3 Å². The molecule has 29 heavy (non-hydrogen) atoms. The van der Waals surface area contributed by atoms with E-state index in [-0.39, 0.29) is 5.56 Å². The SMILES string of the molecule is Cc1ccccc1-c1cc2cnc(NN3CCC4CCCCC43)nc2n(C)c1=O. The molecule has 2 aliphatic rings. The number of fused-ring (bicyclic) bond motifs is 2. The number of anilines is 1. The van der Waals surface area contributed by atoms with Gasteiger partial charge in [0.2, 0.25) is 5.95 Å². The Hall–Kier alpha value is -2.73. The highest BCUT2D eigenvalue weighted by molar-refractivity contribution is 5.82. The van der Waals surface area contributed by atoms with Crippen LogP contribution in [0.4, 0.5) is 5.95 Å². The van der Waals surface area contributed by atoms with Gasteiger partial charge < -0.3 is 0 Å². The largest absolute Gasteiger partial charge is 0.295 e. The van der Waals surface area contributed by atoms with E-state index < -0.39 is 0 Å². The number of benzene rings is 1. The molecule has 150 valence electrons. The minimum Gasteiger partial charge on any atom is -0.295 e. The molecule has 6 nitrogen and oxygen atoms in total. The van der Waals surface area contributed by atoms with Crippen LogP contribution < -0.4 is 11.0 Å². The van der Waals surface area contributed by atoms with Crippen molar-refractivity contribution in [3.63, 3.8) is 0 Å². The van der Waals surface area contributed by atoms with E-state index in [4.69, 9.17) is 4.98 Å². The van der Waals surface area contributed by atoms with E-state index in [1.165, 1.54) is 32.1 Å². The van der Waals surface area contributed by atoms with Crippen LogP contribution >= 0.6 is 0 Å². The maximum atomic E-state index is 13.1. The summed E-state index contributed by atoms with van der Waals surface area (Å²) in [5, 5.41) is 3.18. The lowest BCUT2D eigenvalue weighted by atomic mass is 9.85. The third-order valence-corrected chi connectivity index (χ3v) is 6.64. The Labute approximate surface area is 170 Å². The van der Waals surface area contributed by atoms with Crippen molar-refractivity contribution in [2.24, 2.45) is 13.0 Å². The molecule has 1 aliphatic carbocycles. The van der Waals surface area contributed by atoms with Gasteiger partial charge in [-0.15, -0.1) is 0 Å². The standard InChI is InChI=1S/C23H27N5O/c1-15-7-3-5-9-18(15)19-13-17-14-24-23(25-21(17)27(2)22(19)29)26-28-12-11-16-8-4-6-10-20(16)28/h3,5,7,9,13-14,16,20H,4,6,8,10-12H2,1-2H3,(H,24,25,26). The number of aryl methyl sites for hydroxylation is 2. The van der Waals surface area contributed by atoms with Crippen LogP contribution in [0, 0.1) is 12.8 Å². The van der Waals surface area contributed by atoms with Crippen LogP contribution in [0.2, 0.25) is 0 Å². The van der Waals surface area contributed by atoms with Gasteiger partial charge in [0, 0.05) is 36.8 Å². The topological polar surface area (TPSA) is 63.1 Å². The molecule has 1 saturated carbocycles. The molecular formula is C23H27N5O. The van der Waals surface area contributed by atoms with Crippen molar-refractivity contribution in [2.45, 2.75) is 45.1 Å². The molecule has 2 unspecified atom stereocenters. The van der Waals surface area contributed by atoms with Gasteiger partial charge in [-0.25, -0.2) is 9.99 Å². The van der Waals surface area contributed by atoms with E-state index in [1.807, 2.05) is 43.5 Å². The molecule has 0 radical (unpaired) electrons. The molecule has 1 aromatic carbocycles. The van der Waals surface area contributed by atoms with E-state index in [9.17, 15) is 4.79 Å². The summed E-state index contributed by atoms with van der Waals surface area (Å²) in [6.45, 7) is 3.05. The lowest BCUT2D eigenvalue weighted by Gasteiger charge is -2.31. The van der Waals surface area contributed by atoms with Crippen LogP contribution in [-0.2, 0) is 7.05 Å². The Morgan fingerprint density at radius 3 is 2.79 bits per heavy atom. The number of hydrazine groups is 1. The number of aromatic nitrogens is 3. The molecule has 2 aromatic heterocycles. The summed E-state index contributed by atoms with van der Waals surface area (Å²) in [4.78, 5) is 22.3. The Balaban J connectivity index is 1.50. The minimum atomic E-state index is -0.0371. The zero-order valence-corrected chi connectivity index (χ0v) is 17.1. The first-order valence-electron chi connectivity index (χ1n) is 10.6. The molecule has 1 saturated heterocycles. The van der Waals surface area contributed by atoms with Gasteiger partial charge in [0.25, 0.3) is 5.56 Å². The lowest BCUT2D eigenvalue weighted by molar-refractivity contribution is 0.211. The summed E-state index contributed by atoms with van der Waals surface area (Å²) in [5.74, 6) is 1.36. The number of nitrogens with one attached hydrogen (secondary N) is 1. The molecule has 3 heterocycles. The number of rotatable bonds is 3. The van der Waals surface area contributed by atoms with E-state index in [0.717, 1.165) is 29.0 Å². The summed E-state index contributed by atoms with van der Waals surface area (Å²) in [6.07, 6.45) is 8.28. The van der Waals surface area contributed by atoms with Crippen LogP contribution in [0.15, 0.2) is 41.3 Å². The van der Waals surface area contributed by atoms with Gasteiger partial charge in [-0.2, -0.15) is 4.98 Å². The first-order valence-corrected chi connectivity index (χ1v) is 10.6. The van der Waals surface area contributed by atoms with E-state index in [1.54, 1.807) is 11.6 Å². The van der Waals surface area contributed by atoms with Gasteiger partial charge in [0.1, 0.15) is 5.65 Å². The van der Waals surface area contributed by atoms with Crippen LogP contribution in [-0.4, -0.2) is 32.1 Å². The fraction of sp³-hybridized carbons (Fsp3) is 0.435. The minimum absolute atomic E-state index is 0.0371. The summed E-state index contributed by atoms with van der Waals surface area (Å²) < 4.78 is 1.64. The maximum Gasteiger partial charge on any atom is 0.259 e. The molecule has 0 spiro atoms. The molecule has 0 bridgehead atoms. The lowest BCUT2D eigenvalue weighted by Crippen LogP contribution is -2.39. The molecule has 2 atom stereocenters. The summed E-state index contributed by atoms with van der Waals surface area (Å²) in [7, 11) is 1.79. The van der Waals surface area contributed by atoms with Gasteiger partial charge in [0.15, 0.2) is 0 Å². The van der Waals surface area contributed by atoms with Crippen LogP contribution in [0.1, 0.15) is 37.7 Å². The second-order valence-corrected chi connectivity index (χ2v) is 8.42. The molecule has 0 amide bonds. The smallest absolute Gasteiger partial charge is 0.259 e. The molecule has 6 heteroatoms. The average Bonchev–Trinajstić information content (AvgIpc) is 3.14. The molecule has 5 rings (SSSR count). The highest BCUT2D eigenvalue weighted by Gasteiger charge is 2.36. The summed E-state index contributed by atoms with van der Waals surface area (Å²) in [6, 6.07) is 10.5. The first-order chi connectivity index (χ1) is 14.1. The van der Waals surface area contributed by atoms with Gasteiger partial charge in [-0.3, -0.25) is 14.8 Å². The normalized spacial score (nSPS) is 22.0. The molecule has 2 fully saturated rings. The number of nitrogens with zero attached hydrogens (tertiary/aromatic N) is 4. The van der Waals surface area contributed by atoms with Crippen LogP contribution in [0.3, 0.4) is 0 Å². The Morgan fingerprint density at radius 2 is 1.93 bits per heavy atom. The zero-order valence-electron chi connectivity index (χ0n) is 17.1. The maximum absolute atomic E-state index is 13.1. The fourth-order valence-electron chi connectivity index (χ4n) is 5.04. The molecule has 1 N–H and O–H groups in total. The van der Waals surface area contributed by atoms with Crippen molar-refractivity contribution in [1.82, 2.24) is 19.5 Å². The number of pyridine rings is 1. The third kappa shape index (κ3) is 3.21. The summed E-state index contributed by atoms with van der Waals surface area (Å²) in [5.41, 5.74) is 6.78. The number of hydrogen-bond acceptors (Lipinski definition) is 5. The fourth-order valence-corrected chi connectivity index (χ4v) is 5.04. The first kappa shape index (κ1) is 18.3. The second-order valence-electron chi connectivity index (χ2n) is 8.42. The Kier molecular flexibility index (Phi) is 4.59. The van der Waals surface area contributed by atoms with E-state index in [0.29, 0.717) is 23.2 Å². The number of hydrogen-bond donors (Lipinski definition) is 1. The average molecular weight is 390 g/mol. The third-order valence-electron chi connectivity index (χ3n) is 6.64. The van der Waals surface area contributed by atoms with Crippen molar-refractivity contribution in [1.29, 1.82) is 0 Å². The highest BCUT2D eigenvalue weighted by atomic mass is 16.1. The van der Waals surface area contributed by atoms with Crippen molar-refractivity contribution < 1.29 is 0 Å². The Morgan fingerprint density at radius 1 is 1.10 bits per heavy atom. The van der Waals surface area contributed by atoms with Gasteiger partial charge in [-0.1, -0.05) is 37.1 Å². The molecular weight excluding hydrogens is 362 g/mol. The van der Waals surface area contributed by atoms with Gasteiger partial charge >= 0.3 is 0 Å². The molecule has 3 aromatic rings.